The first-order valence-electron chi connectivity index (χ1n) is 10.3. The molecule has 1 aromatic rings. The van der Waals surface area contributed by atoms with Crippen molar-refractivity contribution < 1.29 is 28.6 Å². The molecule has 2 aliphatic rings. The molecule has 1 aromatic carbocycles. The molecule has 0 aromatic heterocycles. The smallest absolute Gasteiger partial charge is 0.410 e. The second-order valence-corrected chi connectivity index (χ2v) is 9.64. The molecule has 2 heterocycles. The number of benzene rings is 1. The third-order valence-electron chi connectivity index (χ3n) is 5.81. The van der Waals surface area contributed by atoms with E-state index in [0.717, 1.165) is 5.56 Å². The maximum Gasteiger partial charge on any atom is 0.410 e. The average Bonchev–Trinajstić information content (AvgIpc) is 2.90. The molecule has 1 spiro atoms. The molecule has 2 aliphatic heterocycles. The minimum atomic E-state index is -0.638. The summed E-state index contributed by atoms with van der Waals surface area (Å²) in [5, 5.41) is 0. The second-order valence-electron chi connectivity index (χ2n) is 9.64. The third-order valence-corrected chi connectivity index (χ3v) is 5.81. The van der Waals surface area contributed by atoms with Gasteiger partial charge >= 0.3 is 18.0 Å². The van der Waals surface area contributed by atoms with Crippen molar-refractivity contribution >= 4 is 18.0 Å². The zero-order chi connectivity index (χ0) is 22.2. The fourth-order valence-corrected chi connectivity index (χ4v) is 4.30. The van der Waals surface area contributed by atoms with E-state index in [-0.39, 0.29) is 18.0 Å². The highest BCUT2D eigenvalue weighted by Gasteiger charge is 2.55. The molecular formula is C23H31NO6. The van der Waals surface area contributed by atoms with Crippen LogP contribution in [0.25, 0.3) is 0 Å². The number of hydrogen-bond acceptors (Lipinski definition) is 6. The highest BCUT2D eigenvalue weighted by molar-refractivity contribution is 5.89. The van der Waals surface area contributed by atoms with Crippen molar-refractivity contribution in [2.24, 2.45) is 5.41 Å². The van der Waals surface area contributed by atoms with Crippen molar-refractivity contribution in [2.75, 3.05) is 20.2 Å². The van der Waals surface area contributed by atoms with Crippen LogP contribution in [0.2, 0.25) is 0 Å². The molecule has 7 nitrogen and oxygen atoms in total. The van der Waals surface area contributed by atoms with Crippen LogP contribution in [0.4, 0.5) is 4.79 Å². The first-order valence-corrected chi connectivity index (χ1v) is 10.3. The van der Waals surface area contributed by atoms with Gasteiger partial charge in [0.15, 0.2) is 0 Å². The van der Waals surface area contributed by atoms with E-state index in [9.17, 15) is 14.4 Å². The van der Waals surface area contributed by atoms with Crippen LogP contribution in [0.5, 0.6) is 0 Å². The molecule has 0 bridgehead atoms. The number of hydrogen-bond donors (Lipinski definition) is 0. The number of likely N-dealkylation sites (tertiary alicyclic amines) is 1. The molecule has 0 aliphatic carbocycles. The zero-order valence-corrected chi connectivity index (χ0v) is 18.4. The normalized spacial score (nSPS) is 23.2. The van der Waals surface area contributed by atoms with Gasteiger partial charge in [-0.3, -0.25) is 4.79 Å². The molecule has 0 N–H and O–H groups in total. The van der Waals surface area contributed by atoms with Crippen LogP contribution in [0, 0.1) is 5.41 Å². The predicted molar refractivity (Wildman–Crippen MR) is 110 cm³/mol. The number of piperidine rings is 1. The van der Waals surface area contributed by atoms with Crippen LogP contribution in [0.3, 0.4) is 0 Å². The number of methoxy groups -OCH3 is 1. The maximum absolute atomic E-state index is 12.8. The lowest BCUT2D eigenvalue weighted by Gasteiger charge is -2.38. The minimum Gasteiger partial charge on any atom is -0.465 e. The SMILES string of the molecule is COC(=O)c1ccc(CC2(C)CC3(CCN(C(=O)OC(C)(C)C)CC3)OC2=O)cc1. The lowest BCUT2D eigenvalue weighted by atomic mass is 9.74. The number of rotatable bonds is 3. The average molecular weight is 418 g/mol. The first-order chi connectivity index (χ1) is 14.0. The first kappa shape index (κ1) is 22.1. The summed E-state index contributed by atoms with van der Waals surface area (Å²) in [6.45, 7) is 8.48. The van der Waals surface area contributed by atoms with E-state index in [0.29, 0.717) is 44.3 Å². The molecule has 3 rings (SSSR count). The van der Waals surface area contributed by atoms with Crippen LogP contribution in [-0.4, -0.2) is 54.3 Å². The topological polar surface area (TPSA) is 82.1 Å². The quantitative estimate of drug-likeness (QED) is 0.550. The summed E-state index contributed by atoms with van der Waals surface area (Å²) in [4.78, 5) is 38.4. The van der Waals surface area contributed by atoms with Gasteiger partial charge in [-0.25, -0.2) is 9.59 Å². The number of carbonyl (C=O) groups is 3. The van der Waals surface area contributed by atoms with Gasteiger partial charge in [-0.2, -0.15) is 0 Å². The highest BCUT2D eigenvalue weighted by atomic mass is 16.6. The summed E-state index contributed by atoms with van der Waals surface area (Å²) >= 11 is 0. The molecule has 0 saturated carbocycles. The second kappa shape index (κ2) is 7.93. The molecular weight excluding hydrogens is 386 g/mol. The van der Waals surface area contributed by atoms with Gasteiger partial charge in [-0.15, -0.1) is 0 Å². The Kier molecular flexibility index (Phi) is 5.85. The molecule has 0 radical (unpaired) electrons. The number of ether oxygens (including phenoxy) is 3. The van der Waals surface area contributed by atoms with Gasteiger partial charge in [0.2, 0.25) is 0 Å². The fourth-order valence-electron chi connectivity index (χ4n) is 4.30. The van der Waals surface area contributed by atoms with Crippen LogP contribution in [0.15, 0.2) is 24.3 Å². The van der Waals surface area contributed by atoms with Crippen LogP contribution in [-0.2, 0) is 25.4 Å². The lowest BCUT2D eigenvalue weighted by molar-refractivity contribution is -0.156. The fraction of sp³-hybridized carbons (Fsp3) is 0.609. The van der Waals surface area contributed by atoms with E-state index in [1.54, 1.807) is 17.0 Å². The molecule has 164 valence electrons. The van der Waals surface area contributed by atoms with Crippen molar-refractivity contribution in [1.82, 2.24) is 4.90 Å². The molecule has 2 fully saturated rings. The number of amides is 1. The van der Waals surface area contributed by atoms with E-state index < -0.39 is 16.6 Å². The van der Waals surface area contributed by atoms with Gasteiger partial charge in [0.05, 0.1) is 18.1 Å². The number of esters is 2. The van der Waals surface area contributed by atoms with Crippen LogP contribution < -0.4 is 0 Å². The summed E-state index contributed by atoms with van der Waals surface area (Å²) in [7, 11) is 1.35. The zero-order valence-electron chi connectivity index (χ0n) is 18.4. The Labute approximate surface area is 177 Å². The Morgan fingerprint density at radius 2 is 1.73 bits per heavy atom. The van der Waals surface area contributed by atoms with Gasteiger partial charge in [-0.05, 0) is 51.8 Å². The van der Waals surface area contributed by atoms with Crippen LogP contribution >= 0.6 is 0 Å². The van der Waals surface area contributed by atoms with E-state index in [1.807, 2.05) is 39.8 Å². The predicted octanol–water partition coefficient (Wildman–Crippen LogP) is 3.74. The van der Waals surface area contributed by atoms with Crippen molar-refractivity contribution in [2.45, 2.75) is 64.6 Å². The van der Waals surface area contributed by atoms with Crippen LogP contribution in [0.1, 0.15) is 62.9 Å². The molecule has 30 heavy (non-hydrogen) atoms. The van der Waals surface area contributed by atoms with Gasteiger partial charge in [0, 0.05) is 32.4 Å². The summed E-state index contributed by atoms with van der Waals surface area (Å²) in [5.74, 6) is -0.589. The van der Waals surface area contributed by atoms with E-state index in [4.69, 9.17) is 14.2 Å². The monoisotopic (exact) mass is 417 g/mol. The standard InChI is InChI=1S/C23H31NO6/c1-21(2,3)30-20(27)24-12-10-23(11-13-24)15-22(4,19(26)29-23)14-16-6-8-17(9-7-16)18(25)28-5/h6-9H,10-15H2,1-5H3. The lowest BCUT2D eigenvalue weighted by Crippen LogP contribution is -2.48. The summed E-state index contributed by atoms with van der Waals surface area (Å²) in [6, 6.07) is 7.11. The van der Waals surface area contributed by atoms with Crippen molar-refractivity contribution in [3.63, 3.8) is 0 Å². The molecule has 1 atom stereocenters. The van der Waals surface area contributed by atoms with Gasteiger partial charge in [0.1, 0.15) is 11.2 Å². The van der Waals surface area contributed by atoms with Crippen molar-refractivity contribution in [1.29, 1.82) is 0 Å². The summed E-state index contributed by atoms with van der Waals surface area (Å²) in [5.41, 5.74) is -0.262. The van der Waals surface area contributed by atoms with Gasteiger partial charge in [-0.1, -0.05) is 12.1 Å². The van der Waals surface area contributed by atoms with Crippen molar-refractivity contribution in [3.8, 4) is 0 Å². The summed E-state index contributed by atoms with van der Waals surface area (Å²) in [6.07, 6.45) is 2.03. The molecule has 7 heteroatoms. The highest BCUT2D eigenvalue weighted by Crippen LogP contribution is 2.47. The molecule has 2 saturated heterocycles. The van der Waals surface area contributed by atoms with Crippen molar-refractivity contribution in [3.05, 3.63) is 35.4 Å². The Hall–Kier alpha value is -2.57. The van der Waals surface area contributed by atoms with E-state index in [2.05, 4.69) is 0 Å². The molecule has 1 unspecified atom stereocenters. The van der Waals surface area contributed by atoms with Gasteiger partial charge < -0.3 is 19.1 Å². The Balaban J connectivity index is 1.63. The minimum absolute atomic E-state index is 0.203. The Morgan fingerprint density at radius 1 is 1.13 bits per heavy atom. The third kappa shape index (κ3) is 4.77. The number of nitrogens with zero attached hydrogens (tertiary/aromatic N) is 1. The largest absolute Gasteiger partial charge is 0.465 e. The summed E-state index contributed by atoms with van der Waals surface area (Å²) < 4.78 is 16.1. The maximum atomic E-state index is 12.8. The van der Waals surface area contributed by atoms with E-state index >= 15 is 0 Å². The Bertz CT molecular complexity index is 817. The Morgan fingerprint density at radius 3 is 2.27 bits per heavy atom. The number of carbonyl (C=O) groups excluding carboxylic acids is 3. The van der Waals surface area contributed by atoms with Gasteiger partial charge in [0.25, 0.3) is 0 Å². The molecule has 1 amide bonds. The van der Waals surface area contributed by atoms with E-state index in [1.165, 1.54) is 7.11 Å².